The van der Waals surface area contributed by atoms with Gasteiger partial charge in [-0.05, 0) is 23.9 Å². The molecule has 0 spiro atoms. The second-order valence-electron chi connectivity index (χ2n) is 3.60. The molecule has 1 aliphatic heterocycles. The fraction of sp³-hybridized carbons (Fsp3) is 0.0833. The Kier molecular flexibility index (Phi) is 3.96. The van der Waals surface area contributed by atoms with Crippen molar-refractivity contribution in [3.8, 4) is 0 Å². The van der Waals surface area contributed by atoms with Crippen LogP contribution in [-0.2, 0) is 9.59 Å². The van der Waals surface area contributed by atoms with Gasteiger partial charge in [0.2, 0.25) is 0 Å². The summed E-state index contributed by atoms with van der Waals surface area (Å²) in [5.74, 6) is -1.94. The van der Waals surface area contributed by atoms with Gasteiger partial charge in [-0.3, -0.25) is 14.6 Å². The van der Waals surface area contributed by atoms with Crippen molar-refractivity contribution in [1.29, 1.82) is 0 Å². The van der Waals surface area contributed by atoms with Gasteiger partial charge in [-0.25, -0.2) is 4.39 Å². The number of rotatable bonds is 3. The van der Waals surface area contributed by atoms with Gasteiger partial charge in [0.05, 0.1) is 4.91 Å². The summed E-state index contributed by atoms with van der Waals surface area (Å²) in [6, 6.07) is 6.05. The number of benzene rings is 1. The molecular weight excluding hydrogens is 271 g/mol. The SMILES string of the molecule is O=C(O)CN=C1NC(=O)/C(=C/c2ccccc2F)S1. The number of amides is 1. The van der Waals surface area contributed by atoms with Crippen molar-refractivity contribution >= 4 is 34.9 Å². The Morgan fingerprint density at radius 2 is 2.21 bits per heavy atom. The molecule has 0 aliphatic carbocycles. The predicted molar refractivity (Wildman–Crippen MR) is 70.0 cm³/mol. The molecule has 0 unspecified atom stereocenters. The van der Waals surface area contributed by atoms with Crippen molar-refractivity contribution in [2.45, 2.75) is 0 Å². The lowest BCUT2D eigenvalue weighted by atomic mass is 10.2. The lowest BCUT2D eigenvalue weighted by molar-refractivity contribution is -0.135. The van der Waals surface area contributed by atoms with Crippen LogP contribution in [0.1, 0.15) is 5.56 Å². The lowest BCUT2D eigenvalue weighted by Crippen LogP contribution is -2.20. The van der Waals surface area contributed by atoms with Gasteiger partial charge in [-0.15, -0.1) is 0 Å². The minimum atomic E-state index is -1.09. The summed E-state index contributed by atoms with van der Waals surface area (Å²) in [7, 11) is 0. The molecule has 1 aliphatic rings. The van der Waals surface area contributed by atoms with E-state index in [2.05, 4.69) is 10.3 Å². The van der Waals surface area contributed by atoms with E-state index < -0.39 is 24.2 Å². The number of carboxylic acids is 1. The van der Waals surface area contributed by atoms with Crippen LogP contribution >= 0.6 is 11.8 Å². The Morgan fingerprint density at radius 3 is 2.89 bits per heavy atom. The number of hydrogen-bond donors (Lipinski definition) is 2. The highest BCUT2D eigenvalue weighted by Gasteiger charge is 2.24. The molecule has 0 saturated carbocycles. The summed E-state index contributed by atoms with van der Waals surface area (Å²) in [6.07, 6.45) is 1.40. The molecule has 98 valence electrons. The molecule has 2 N–H and O–H groups in total. The monoisotopic (exact) mass is 280 g/mol. The minimum absolute atomic E-state index is 0.204. The highest BCUT2D eigenvalue weighted by atomic mass is 32.2. The van der Waals surface area contributed by atoms with E-state index in [0.717, 1.165) is 11.8 Å². The van der Waals surface area contributed by atoms with E-state index in [-0.39, 0.29) is 10.1 Å². The number of amidine groups is 1. The molecule has 1 amide bonds. The van der Waals surface area contributed by atoms with E-state index in [1.807, 2.05) is 0 Å². The first kappa shape index (κ1) is 13.3. The van der Waals surface area contributed by atoms with Gasteiger partial charge in [0.1, 0.15) is 12.4 Å². The van der Waals surface area contributed by atoms with Crippen LogP contribution in [0.15, 0.2) is 34.2 Å². The van der Waals surface area contributed by atoms with E-state index in [4.69, 9.17) is 5.11 Å². The maximum absolute atomic E-state index is 13.4. The quantitative estimate of drug-likeness (QED) is 0.822. The number of aliphatic carboxylic acids is 1. The number of nitrogens with zero attached hydrogens (tertiary/aromatic N) is 1. The van der Waals surface area contributed by atoms with E-state index >= 15 is 0 Å². The number of hydrogen-bond acceptors (Lipinski definition) is 4. The van der Waals surface area contributed by atoms with Gasteiger partial charge in [0.25, 0.3) is 5.91 Å². The Morgan fingerprint density at radius 1 is 1.47 bits per heavy atom. The molecule has 2 rings (SSSR count). The summed E-state index contributed by atoms with van der Waals surface area (Å²) < 4.78 is 13.4. The molecule has 1 fully saturated rings. The van der Waals surface area contributed by atoms with Crippen LogP contribution in [0.2, 0.25) is 0 Å². The maximum Gasteiger partial charge on any atom is 0.325 e. The smallest absolute Gasteiger partial charge is 0.325 e. The summed E-state index contributed by atoms with van der Waals surface area (Å²) in [6.45, 7) is -0.421. The second-order valence-corrected chi connectivity index (χ2v) is 4.63. The third kappa shape index (κ3) is 3.41. The van der Waals surface area contributed by atoms with Crippen molar-refractivity contribution in [1.82, 2.24) is 5.32 Å². The number of carbonyl (C=O) groups excluding carboxylic acids is 1. The maximum atomic E-state index is 13.4. The summed E-state index contributed by atoms with van der Waals surface area (Å²) >= 11 is 0.985. The first-order valence-electron chi connectivity index (χ1n) is 5.28. The average Bonchev–Trinajstić information content (AvgIpc) is 2.71. The zero-order valence-electron chi connectivity index (χ0n) is 9.59. The Bertz CT molecular complexity index is 598. The third-order valence-corrected chi connectivity index (χ3v) is 3.15. The number of thioether (sulfide) groups is 1. The molecule has 0 radical (unpaired) electrons. The van der Waals surface area contributed by atoms with Crippen LogP contribution in [0.25, 0.3) is 6.08 Å². The van der Waals surface area contributed by atoms with Crippen LogP contribution in [0, 0.1) is 5.82 Å². The molecule has 0 atom stereocenters. The number of halogens is 1. The summed E-state index contributed by atoms with van der Waals surface area (Å²) in [5.41, 5.74) is 0.291. The molecule has 19 heavy (non-hydrogen) atoms. The topological polar surface area (TPSA) is 78.8 Å². The van der Waals surface area contributed by atoms with Crippen LogP contribution in [0.3, 0.4) is 0 Å². The summed E-state index contributed by atoms with van der Waals surface area (Å²) in [4.78, 5) is 25.9. The van der Waals surface area contributed by atoms with E-state index in [1.54, 1.807) is 18.2 Å². The molecule has 5 nitrogen and oxygen atoms in total. The van der Waals surface area contributed by atoms with Gasteiger partial charge in [-0.1, -0.05) is 18.2 Å². The Labute approximate surface area is 112 Å². The molecule has 7 heteroatoms. The highest BCUT2D eigenvalue weighted by molar-refractivity contribution is 8.18. The standard InChI is InChI=1S/C12H9FN2O3S/c13-8-4-2-1-3-7(8)5-9-11(18)15-12(19-9)14-6-10(16)17/h1-5H,6H2,(H,16,17)(H,14,15,18)/b9-5-. The molecule has 0 aromatic heterocycles. The number of nitrogens with one attached hydrogen (secondary N) is 1. The lowest BCUT2D eigenvalue weighted by Gasteiger charge is -1.96. The molecule has 1 heterocycles. The fourth-order valence-corrected chi connectivity index (χ4v) is 2.19. The van der Waals surface area contributed by atoms with Crippen LogP contribution in [0.5, 0.6) is 0 Å². The number of carboxylic acid groups (broad SMARTS) is 1. The second kappa shape index (κ2) is 5.66. The summed E-state index contributed by atoms with van der Waals surface area (Å²) in [5, 5.41) is 11.1. The largest absolute Gasteiger partial charge is 0.480 e. The van der Waals surface area contributed by atoms with Crippen molar-refractivity contribution in [3.63, 3.8) is 0 Å². The normalized spacial score (nSPS) is 18.9. The van der Waals surface area contributed by atoms with Crippen molar-refractivity contribution < 1.29 is 19.1 Å². The Balaban J connectivity index is 2.19. The molecule has 0 bridgehead atoms. The average molecular weight is 280 g/mol. The fourth-order valence-electron chi connectivity index (χ4n) is 1.37. The van der Waals surface area contributed by atoms with Gasteiger partial charge in [0.15, 0.2) is 5.17 Å². The van der Waals surface area contributed by atoms with E-state index in [1.165, 1.54) is 12.1 Å². The van der Waals surface area contributed by atoms with Crippen molar-refractivity contribution in [2.24, 2.45) is 4.99 Å². The van der Waals surface area contributed by atoms with Crippen LogP contribution in [0.4, 0.5) is 4.39 Å². The molecule has 1 saturated heterocycles. The highest BCUT2D eigenvalue weighted by Crippen LogP contribution is 2.26. The minimum Gasteiger partial charge on any atom is -0.480 e. The third-order valence-electron chi connectivity index (χ3n) is 2.20. The number of carbonyl (C=O) groups is 2. The molecular formula is C12H9FN2O3S. The number of aliphatic imine (C=N–C) groups is 1. The van der Waals surface area contributed by atoms with Gasteiger partial charge >= 0.3 is 5.97 Å². The first-order chi connectivity index (χ1) is 9.06. The Hall–Kier alpha value is -2.15. The molecule has 1 aromatic rings. The van der Waals surface area contributed by atoms with Gasteiger partial charge in [-0.2, -0.15) is 0 Å². The van der Waals surface area contributed by atoms with Crippen LogP contribution in [-0.4, -0.2) is 28.7 Å². The zero-order chi connectivity index (χ0) is 13.8. The van der Waals surface area contributed by atoms with Crippen LogP contribution < -0.4 is 5.32 Å². The van der Waals surface area contributed by atoms with E-state index in [0.29, 0.717) is 5.56 Å². The first-order valence-corrected chi connectivity index (χ1v) is 6.09. The van der Waals surface area contributed by atoms with Crippen molar-refractivity contribution in [2.75, 3.05) is 6.54 Å². The van der Waals surface area contributed by atoms with Crippen molar-refractivity contribution in [3.05, 3.63) is 40.6 Å². The van der Waals surface area contributed by atoms with Gasteiger partial charge < -0.3 is 10.4 Å². The van der Waals surface area contributed by atoms with E-state index in [9.17, 15) is 14.0 Å². The zero-order valence-corrected chi connectivity index (χ0v) is 10.4. The molecule has 1 aromatic carbocycles. The van der Waals surface area contributed by atoms with Gasteiger partial charge in [0, 0.05) is 5.56 Å². The predicted octanol–water partition coefficient (Wildman–Crippen LogP) is 1.47.